The number of rotatable bonds is 0. The summed E-state index contributed by atoms with van der Waals surface area (Å²) in [7, 11) is 1.72. The molecule has 108 valence electrons. The molecule has 0 aliphatic carbocycles. The topological polar surface area (TPSA) is 49.9 Å². The first-order valence-corrected chi connectivity index (χ1v) is 6.60. The SMILES string of the molecule is CN1C(=O)CN(C(=O)OC(C)(C)C)Cc2ccccc21. The minimum atomic E-state index is -0.572. The summed E-state index contributed by atoms with van der Waals surface area (Å²) in [6.07, 6.45) is -0.462. The van der Waals surface area contributed by atoms with Crippen LogP contribution < -0.4 is 4.90 Å². The van der Waals surface area contributed by atoms with Gasteiger partial charge in [0, 0.05) is 12.7 Å². The van der Waals surface area contributed by atoms with Crippen LogP contribution in [0.5, 0.6) is 0 Å². The van der Waals surface area contributed by atoms with Gasteiger partial charge in [-0.05, 0) is 32.4 Å². The van der Waals surface area contributed by atoms with Crippen LogP contribution in [-0.2, 0) is 16.1 Å². The maximum atomic E-state index is 12.2. The predicted molar refractivity (Wildman–Crippen MR) is 76.5 cm³/mol. The van der Waals surface area contributed by atoms with Gasteiger partial charge in [-0.2, -0.15) is 0 Å². The fourth-order valence-corrected chi connectivity index (χ4v) is 2.09. The zero-order valence-corrected chi connectivity index (χ0v) is 12.3. The van der Waals surface area contributed by atoms with Crippen molar-refractivity contribution in [2.45, 2.75) is 32.9 Å². The van der Waals surface area contributed by atoms with Gasteiger partial charge in [0.1, 0.15) is 12.1 Å². The van der Waals surface area contributed by atoms with E-state index < -0.39 is 11.7 Å². The summed E-state index contributed by atoms with van der Waals surface area (Å²) in [6, 6.07) is 7.58. The molecule has 1 heterocycles. The van der Waals surface area contributed by atoms with Crippen molar-refractivity contribution in [3.63, 3.8) is 0 Å². The molecule has 0 N–H and O–H groups in total. The number of para-hydroxylation sites is 1. The first kappa shape index (κ1) is 14.4. The van der Waals surface area contributed by atoms with Gasteiger partial charge in [0.15, 0.2) is 0 Å². The average Bonchev–Trinajstić information content (AvgIpc) is 2.47. The van der Waals surface area contributed by atoms with Crippen molar-refractivity contribution in [2.24, 2.45) is 0 Å². The van der Waals surface area contributed by atoms with E-state index in [1.807, 2.05) is 45.0 Å². The number of hydrogen-bond acceptors (Lipinski definition) is 3. The number of nitrogens with zero attached hydrogens (tertiary/aromatic N) is 2. The minimum Gasteiger partial charge on any atom is -0.444 e. The second-order valence-corrected chi connectivity index (χ2v) is 5.92. The van der Waals surface area contributed by atoms with Gasteiger partial charge < -0.3 is 9.64 Å². The summed E-state index contributed by atoms with van der Waals surface area (Å²) < 4.78 is 5.35. The van der Waals surface area contributed by atoms with Crippen molar-refractivity contribution in [3.05, 3.63) is 29.8 Å². The van der Waals surface area contributed by atoms with Crippen LogP contribution in [0.2, 0.25) is 0 Å². The molecule has 5 nitrogen and oxygen atoms in total. The summed E-state index contributed by atoms with van der Waals surface area (Å²) in [5.41, 5.74) is 1.20. The van der Waals surface area contributed by atoms with E-state index in [0.717, 1.165) is 11.3 Å². The molecule has 0 aromatic heterocycles. The number of fused-ring (bicyclic) bond motifs is 1. The van der Waals surface area contributed by atoms with Crippen LogP contribution in [0.1, 0.15) is 26.3 Å². The van der Waals surface area contributed by atoms with Crippen LogP contribution in [0.25, 0.3) is 0 Å². The molecule has 0 spiro atoms. The third-order valence-electron chi connectivity index (χ3n) is 3.07. The van der Waals surface area contributed by atoms with Gasteiger partial charge in [0.25, 0.3) is 0 Å². The molecule has 1 aliphatic rings. The first-order chi connectivity index (χ1) is 9.28. The van der Waals surface area contributed by atoms with Gasteiger partial charge in [-0.1, -0.05) is 18.2 Å². The zero-order chi connectivity index (χ0) is 14.9. The number of anilines is 1. The largest absolute Gasteiger partial charge is 0.444 e. The third kappa shape index (κ3) is 3.10. The predicted octanol–water partition coefficient (Wildman–Crippen LogP) is 2.40. The van der Waals surface area contributed by atoms with Gasteiger partial charge in [0.05, 0.1) is 6.54 Å². The maximum Gasteiger partial charge on any atom is 0.411 e. The second kappa shape index (κ2) is 5.15. The molecule has 2 amide bonds. The van der Waals surface area contributed by atoms with E-state index in [9.17, 15) is 9.59 Å². The lowest BCUT2D eigenvalue weighted by molar-refractivity contribution is -0.119. The van der Waals surface area contributed by atoms with Gasteiger partial charge in [-0.3, -0.25) is 9.69 Å². The molecule has 0 saturated carbocycles. The standard InChI is InChI=1S/C15H20N2O3/c1-15(2,3)20-14(19)17-9-11-7-5-6-8-12(11)16(4)13(18)10-17/h5-8H,9-10H2,1-4H3. The quantitative estimate of drug-likeness (QED) is 0.731. The van der Waals surface area contributed by atoms with E-state index >= 15 is 0 Å². The molecule has 5 heteroatoms. The fraction of sp³-hybridized carbons (Fsp3) is 0.467. The Kier molecular flexibility index (Phi) is 3.70. The third-order valence-corrected chi connectivity index (χ3v) is 3.07. The number of amides is 2. The first-order valence-electron chi connectivity index (χ1n) is 6.60. The van der Waals surface area contributed by atoms with E-state index in [4.69, 9.17) is 4.74 Å². The Labute approximate surface area is 119 Å². The highest BCUT2D eigenvalue weighted by Crippen LogP contribution is 2.25. The Morgan fingerprint density at radius 1 is 1.20 bits per heavy atom. The molecule has 1 aromatic rings. The molecule has 0 unspecified atom stereocenters. The van der Waals surface area contributed by atoms with Gasteiger partial charge in [-0.15, -0.1) is 0 Å². The number of hydrogen-bond donors (Lipinski definition) is 0. The number of carbonyl (C=O) groups excluding carboxylic acids is 2. The van der Waals surface area contributed by atoms with Crippen molar-refractivity contribution in [3.8, 4) is 0 Å². The van der Waals surface area contributed by atoms with Crippen LogP contribution >= 0.6 is 0 Å². The Hall–Kier alpha value is -2.04. The molecule has 0 saturated heterocycles. The van der Waals surface area contributed by atoms with E-state index in [-0.39, 0.29) is 12.5 Å². The normalized spacial score (nSPS) is 15.7. The monoisotopic (exact) mass is 276 g/mol. The van der Waals surface area contributed by atoms with Crippen molar-refractivity contribution in [2.75, 3.05) is 18.5 Å². The molecule has 0 fully saturated rings. The number of benzene rings is 1. The van der Waals surface area contributed by atoms with E-state index in [2.05, 4.69) is 0 Å². The summed E-state index contributed by atoms with van der Waals surface area (Å²) in [5.74, 6) is -0.124. The Bertz CT molecular complexity index is 534. The van der Waals surface area contributed by atoms with Crippen molar-refractivity contribution in [1.82, 2.24) is 4.90 Å². The number of carbonyl (C=O) groups is 2. The number of likely N-dealkylation sites (N-methyl/N-ethyl adjacent to an activating group) is 1. The van der Waals surface area contributed by atoms with Crippen LogP contribution in [-0.4, -0.2) is 36.1 Å². The van der Waals surface area contributed by atoms with Crippen LogP contribution in [0.15, 0.2) is 24.3 Å². The molecular weight excluding hydrogens is 256 g/mol. The highest BCUT2D eigenvalue weighted by Gasteiger charge is 2.29. The van der Waals surface area contributed by atoms with Crippen molar-refractivity contribution in [1.29, 1.82) is 0 Å². The molecule has 2 rings (SSSR count). The summed E-state index contributed by atoms with van der Waals surface area (Å²) in [6.45, 7) is 5.83. The summed E-state index contributed by atoms with van der Waals surface area (Å²) in [5, 5.41) is 0. The molecular formula is C15H20N2O3. The van der Waals surface area contributed by atoms with Crippen LogP contribution in [0.4, 0.5) is 10.5 Å². The molecule has 1 aromatic carbocycles. The minimum absolute atomic E-state index is 0.0279. The van der Waals surface area contributed by atoms with Crippen molar-refractivity contribution < 1.29 is 14.3 Å². The van der Waals surface area contributed by atoms with Crippen LogP contribution in [0, 0.1) is 0 Å². The smallest absolute Gasteiger partial charge is 0.411 e. The van der Waals surface area contributed by atoms with Gasteiger partial charge in [-0.25, -0.2) is 4.79 Å². The van der Waals surface area contributed by atoms with Crippen molar-refractivity contribution >= 4 is 17.7 Å². The Morgan fingerprint density at radius 3 is 2.50 bits per heavy atom. The van der Waals surface area contributed by atoms with E-state index in [1.54, 1.807) is 11.9 Å². The molecule has 1 aliphatic heterocycles. The van der Waals surface area contributed by atoms with Gasteiger partial charge >= 0.3 is 6.09 Å². The average molecular weight is 276 g/mol. The highest BCUT2D eigenvalue weighted by atomic mass is 16.6. The van der Waals surface area contributed by atoms with E-state index in [1.165, 1.54) is 4.90 Å². The molecule has 0 bridgehead atoms. The van der Waals surface area contributed by atoms with Crippen LogP contribution in [0.3, 0.4) is 0 Å². The lowest BCUT2D eigenvalue weighted by Crippen LogP contribution is -2.41. The highest BCUT2D eigenvalue weighted by molar-refractivity contribution is 5.97. The molecule has 20 heavy (non-hydrogen) atoms. The van der Waals surface area contributed by atoms with Gasteiger partial charge in [0.2, 0.25) is 5.91 Å². The molecule has 0 atom stereocenters. The second-order valence-electron chi connectivity index (χ2n) is 5.92. The number of ether oxygens (including phenoxy) is 1. The Balaban J connectivity index is 2.27. The Morgan fingerprint density at radius 2 is 1.85 bits per heavy atom. The summed E-state index contributed by atoms with van der Waals surface area (Å²) in [4.78, 5) is 27.3. The lowest BCUT2D eigenvalue weighted by Gasteiger charge is -2.26. The van der Waals surface area contributed by atoms with E-state index in [0.29, 0.717) is 6.54 Å². The summed E-state index contributed by atoms with van der Waals surface area (Å²) >= 11 is 0. The fourth-order valence-electron chi connectivity index (χ4n) is 2.09. The lowest BCUT2D eigenvalue weighted by atomic mass is 10.1. The zero-order valence-electron chi connectivity index (χ0n) is 12.3. The molecule has 0 radical (unpaired) electrons. The maximum absolute atomic E-state index is 12.2.